The molecule has 7 nitrogen and oxygen atoms in total. The van der Waals surface area contributed by atoms with Crippen molar-refractivity contribution >= 4 is 41.3 Å². The Kier molecular flexibility index (Phi) is 8.29. The van der Waals surface area contributed by atoms with Gasteiger partial charge in [-0.25, -0.2) is 9.97 Å². The highest BCUT2D eigenvalue weighted by molar-refractivity contribution is 6.35. The molecule has 0 saturated heterocycles. The van der Waals surface area contributed by atoms with Crippen molar-refractivity contribution in [3.05, 3.63) is 75.2 Å². The Morgan fingerprint density at radius 3 is 2.40 bits per heavy atom. The van der Waals surface area contributed by atoms with Gasteiger partial charge in [0.25, 0.3) is 12.4 Å². The van der Waals surface area contributed by atoms with Crippen molar-refractivity contribution in [3.63, 3.8) is 0 Å². The minimum Gasteiger partial charge on any atom is -0.483 e. The Morgan fingerprint density at radius 1 is 1.17 bits per heavy atom. The summed E-state index contributed by atoms with van der Waals surface area (Å²) in [6, 6.07) is 10.7. The molecule has 0 saturated carbocycles. The summed E-state index contributed by atoms with van der Waals surface area (Å²) in [5.41, 5.74) is 10.5. The van der Waals surface area contributed by atoms with Gasteiger partial charge >= 0.3 is 0 Å². The number of nitrogens with zero attached hydrogens (tertiary/aromatic N) is 2. The Bertz CT molecular complexity index is 1050. The lowest BCUT2D eigenvalue weighted by molar-refractivity contribution is -0.122. The number of rotatable bonds is 4. The van der Waals surface area contributed by atoms with Gasteiger partial charge in [0.2, 0.25) is 5.82 Å². The van der Waals surface area contributed by atoms with E-state index in [2.05, 4.69) is 15.3 Å². The van der Waals surface area contributed by atoms with E-state index >= 15 is 0 Å². The second kappa shape index (κ2) is 10.7. The van der Waals surface area contributed by atoms with E-state index in [9.17, 15) is 4.79 Å². The van der Waals surface area contributed by atoms with Gasteiger partial charge in [0, 0.05) is 29.0 Å². The summed E-state index contributed by atoms with van der Waals surface area (Å²) in [6.45, 7) is 4.04. The summed E-state index contributed by atoms with van der Waals surface area (Å²) in [4.78, 5) is 29.5. The molecule has 0 spiro atoms. The molecule has 2 aromatic carbocycles. The number of hydrogen-bond acceptors (Lipinski definition) is 5. The second-order valence-electron chi connectivity index (χ2n) is 6.26. The third kappa shape index (κ3) is 5.76. The summed E-state index contributed by atoms with van der Waals surface area (Å²) in [6.07, 6.45) is 1.52. The van der Waals surface area contributed by atoms with Crippen LogP contribution in [0, 0.1) is 13.8 Å². The van der Waals surface area contributed by atoms with Crippen molar-refractivity contribution in [1.29, 1.82) is 0 Å². The van der Waals surface area contributed by atoms with Crippen molar-refractivity contribution in [2.75, 3.05) is 5.32 Å². The number of aromatic nitrogens is 2. The van der Waals surface area contributed by atoms with Crippen LogP contribution in [0.5, 0.6) is 0 Å². The third-order valence-corrected chi connectivity index (χ3v) is 4.69. The van der Waals surface area contributed by atoms with Gasteiger partial charge in [0.05, 0.1) is 10.7 Å². The van der Waals surface area contributed by atoms with E-state index in [1.165, 1.54) is 6.20 Å². The predicted octanol–water partition coefficient (Wildman–Crippen LogP) is 4.48. The first-order chi connectivity index (χ1) is 14.3. The summed E-state index contributed by atoms with van der Waals surface area (Å²) in [7, 11) is 0. The Balaban J connectivity index is 0.00000101. The van der Waals surface area contributed by atoms with E-state index < -0.39 is 5.91 Å². The molecule has 0 atom stereocenters. The molecule has 1 aromatic heterocycles. The van der Waals surface area contributed by atoms with Crippen molar-refractivity contribution in [2.24, 2.45) is 5.73 Å². The second-order valence-corrected chi connectivity index (χ2v) is 7.10. The standard InChI is InChI=1S/C20H18Cl2N4O.CH2O2/c1-11-7-13(10-23)8-12(2)18(11)26-20(27)19-24-6-5-17(25-19)15-9-14(21)3-4-16(15)22;2-1-3/h3-9H,10,23H2,1-2H3,(H,26,27);1H,(H,2,3). The van der Waals surface area contributed by atoms with Gasteiger partial charge < -0.3 is 16.2 Å². The van der Waals surface area contributed by atoms with Gasteiger partial charge in [0.15, 0.2) is 0 Å². The molecule has 0 aliphatic rings. The van der Waals surface area contributed by atoms with Crippen LogP contribution in [0.2, 0.25) is 10.0 Å². The van der Waals surface area contributed by atoms with Crippen LogP contribution < -0.4 is 11.1 Å². The number of nitrogens with one attached hydrogen (secondary N) is 1. The molecule has 30 heavy (non-hydrogen) atoms. The van der Waals surface area contributed by atoms with E-state index in [0.717, 1.165) is 22.4 Å². The van der Waals surface area contributed by atoms with Crippen LogP contribution in [-0.2, 0) is 11.3 Å². The summed E-state index contributed by atoms with van der Waals surface area (Å²) in [5, 5.41) is 10.8. The van der Waals surface area contributed by atoms with Crippen molar-refractivity contribution < 1.29 is 14.7 Å². The van der Waals surface area contributed by atoms with Crippen LogP contribution in [0.3, 0.4) is 0 Å². The molecule has 0 radical (unpaired) electrons. The van der Waals surface area contributed by atoms with Crippen LogP contribution >= 0.6 is 23.2 Å². The first kappa shape index (κ1) is 23.3. The zero-order chi connectivity index (χ0) is 22.3. The zero-order valence-electron chi connectivity index (χ0n) is 16.3. The Morgan fingerprint density at radius 2 is 1.80 bits per heavy atom. The molecule has 3 rings (SSSR count). The van der Waals surface area contributed by atoms with E-state index in [1.807, 2.05) is 26.0 Å². The number of amides is 1. The molecule has 0 aliphatic heterocycles. The smallest absolute Gasteiger partial charge is 0.293 e. The number of carboxylic acid groups (broad SMARTS) is 1. The molecule has 0 unspecified atom stereocenters. The zero-order valence-corrected chi connectivity index (χ0v) is 17.8. The maximum absolute atomic E-state index is 12.7. The molecule has 1 heterocycles. The fraction of sp³-hybridized carbons (Fsp3) is 0.143. The number of benzene rings is 2. The number of nitrogens with two attached hydrogens (primary N) is 1. The molecule has 0 aliphatic carbocycles. The summed E-state index contributed by atoms with van der Waals surface area (Å²) in [5.74, 6) is -0.355. The van der Waals surface area contributed by atoms with Gasteiger partial charge in [0.1, 0.15) is 0 Å². The SMILES string of the molecule is Cc1cc(CN)cc(C)c1NC(=O)c1nccc(-c2cc(Cl)ccc2Cl)n1.O=CO. The fourth-order valence-electron chi connectivity index (χ4n) is 2.85. The maximum atomic E-state index is 12.7. The average molecular weight is 447 g/mol. The van der Waals surface area contributed by atoms with Crippen LogP contribution in [0.15, 0.2) is 42.6 Å². The quantitative estimate of drug-likeness (QED) is 0.508. The van der Waals surface area contributed by atoms with Crippen molar-refractivity contribution in [2.45, 2.75) is 20.4 Å². The average Bonchev–Trinajstić information content (AvgIpc) is 2.72. The van der Waals surface area contributed by atoms with E-state index in [0.29, 0.717) is 27.8 Å². The van der Waals surface area contributed by atoms with Crippen molar-refractivity contribution in [3.8, 4) is 11.3 Å². The number of halogens is 2. The first-order valence-corrected chi connectivity index (χ1v) is 9.54. The molecular formula is C21H20Cl2N4O3. The molecule has 156 valence electrons. The molecule has 9 heteroatoms. The predicted molar refractivity (Wildman–Crippen MR) is 118 cm³/mol. The Labute approximate surface area is 183 Å². The topological polar surface area (TPSA) is 118 Å². The number of aryl methyl sites for hydroxylation is 2. The molecule has 4 N–H and O–H groups in total. The van der Waals surface area contributed by atoms with Crippen LogP contribution in [-0.4, -0.2) is 27.5 Å². The lowest BCUT2D eigenvalue weighted by Gasteiger charge is -2.13. The van der Waals surface area contributed by atoms with E-state index in [-0.39, 0.29) is 12.3 Å². The van der Waals surface area contributed by atoms with Crippen molar-refractivity contribution in [1.82, 2.24) is 9.97 Å². The number of anilines is 1. The van der Waals surface area contributed by atoms with E-state index in [4.69, 9.17) is 38.8 Å². The molecule has 0 bridgehead atoms. The highest BCUT2D eigenvalue weighted by atomic mass is 35.5. The van der Waals surface area contributed by atoms with Crippen LogP contribution in [0.25, 0.3) is 11.3 Å². The normalized spacial score (nSPS) is 10.0. The highest BCUT2D eigenvalue weighted by Gasteiger charge is 2.15. The molecule has 0 fully saturated rings. The number of hydrogen-bond donors (Lipinski definition) is 3. The Hall–Kier alpha value is -3.00. The maximum Gasteiger partial charge on any atom is 0.293 e. The van der Waals surface area contributed by atoms with Gasteiger partial charge in [-0.3, -0.25) is 9.59 Å². The van der Waals surface area contributed by atoms with Gasteiger partial charge in [-0.15, -0.1) is 0 Å². The lowest BCUT2D eigenvalue weighted by atomic mass is 10.0. The molecular weight excluding hydrogens is 427 g/mol. The first-order valence-electron chi connectivity index (χ1n) is 8.78. The molecule has 3 aromatic rings. The monoisotopic (exact) mass is 446 g/mol. The fourth-order valence-corrected chi connectivity index (χ4v) is 3.24. The van der Waals surface area contributed by atoms with Gasteiger partial charge in [-0.05, 0) is 54.8 Å². The largest absolute Gasteiger partial charge is 0.483 e. The molecule has 1 amide bonds. The van der Waals surface area contributed by atoms with Crippen LogP contribution in [0.1, 0.15) is 27.3 Å². The highest BCUT2D eigenvalue weighted by Crippen LogP contribution is 2.29. The van der Waals surface area contributed by atoms with Gasteiger partial charge in [-0.2, -0.15) is 0 Å². The number of carbonyl (C=O) groups is 2. The van der Waals surface area contributed by atoms with Gasteiger partial charge in [-0.1, -0.05) is 35.3 Å². The lowest BCUT2D eigenvalue weighted by Crippen LogP contribution is -2.17. The number of carbonyl (C=O) groups excluding carboxylic acids is 1. The van der Waals surface area contributed by atoms with Crippen LogP contribution in [0.4, 0.5) is 5.69 Å². The summed E-state index contributed by atoms with van der Waals surface area (Å²) >= 11 is 12.3. The minimum absolute atomic E-state index is 0.0465. The third-order valence-electron chi connectivity index (χ3n) is 4.13. The summed E-state index contributed by atoms with van der Waals surface area (Å²) < 4.78 is 0. The minimum atomic E-state index is -0.401. The van der Waals surface area contributed by atoms with E-state index in [1.54, 1.807) is 24.3 Å².